The number of aromatic nitrogens is 1. The molecule has 0 unspecified atom stereocenters. The summed E-state index contributed by atoms with van der Waals surface area (Å²) in [5.74, 6) is 0. The van der Waals surface area contributed by atoms with Crippen molar-refractivity contribution in [2.45, 2.75) is 6.29 Å². The van der Waals surface area contributed by atoms with Crippen LogP contribution in [-0.4, -0.2) is 14.2 Å². The number of rotatable bonds is 3. The lowest BCUT2D eigenvalue weighted by Gasteiger charge is -2.11. The molecule has 4 heteroatoms. The average Bonchev–Trinajstić information content (AvgIpc) is 2.07. The topological polar surface area (TPSA) is 22.3 Å². The molecule has 0 aliphatic heterocycles. The predicted molar refractivity (Wildman–Crippen MR) is 44.4 cm³/mol. The predicted octanol–water partition coefficient (Wildman–Crippen LogP) is -2.19. The largest absolute Gasteiger partial charge is 1.00 e. The van der Waals surface area contributed by atoms with Gasteiger partial charge < -0.3 is 33.5 Å². The Morgan fingerprint density at radius 2 is 1.92 bits per heavy atom. The fraction of sp³-hybridized carbons (Fsp3) is 0.444. The standard InChI is InChI=1S/C9H14NO2.HI/c1-10-6-4-5-8(7-10)9(11-2)12-3;/h4-7,9H,1-3H3;1H/q+1;/p-1. The smallest absolute Gasteiger partial charge is 0.188 e. The summed E-state index contributed by atoms with van der Waals surface area (Å²) in [5.41, 5.74) is 1.02. The summed E-state index contributed by atoms with van der Waals surface area (Å²) < 4.78 is 12.2. The molecule has 0 saturated heterocycles. The first-order chi connectivity index (χ1) is 5.77. The van der Waals surface area contributed by atoms with Gasteiger partial charge in [-0.3, -0.25) is 0 Å². The molecule has 0 atom stereocenters. The van der Waals surface area contributed by atoms with Gasteiger partial charge in [0.05, 0.1) is 5.56 Å². The van der Waals surface area contributed by atoms with Crippen LogP contribution in [-0.2, 0) is 16.5 Å². The first-order valence-electron chi connectivity index (χ1n) is 3.78. The fourth-order valence-corrected chi connectivity index (χ4v) is 1.12. The Morgan fingerprint density at radius 1 is 1.31 bits per heavy atom. The van der Waals surface area contributed by atoms with Gasteiger partial charge in [-0.05, 0) is 6.07 Å². The van der Waals surface area contributed by atoms with Crippen LogP contribution in [0.5, 0.6) is 0 Å². The number of methoxy groups -OCH3 is 2. The third-order valence-corrected chi connectivity index (χ3v) is 1.66. The van der Waals surface area contributed by atoms with Crippen molar-refractivity contribution >= 4 is 0 Å². The van der Waals surface area contributed by atoms with Crippen LogP contribution in [0.1, 0.15) is 11.9 Å². The first-order valence-corrected chi connectivity index (χ1v) is 3.78. The zero-order valence-electron chi connectivity index (χ0n) is 8.03. The molecule has 0 radical (unpaired) electrons. The zero-order chi connectivity index (χ0) is 8.97. The van der Waals surface area contributed by atoms with Crippen LogP contribution in [0, 0.1) is 0 Å². The normalized spacial score (nSPS) is 9.85. The number of halogens is 1. The van der Waals surface area contributed by atoms with E-state index in [1.54, 1.807) is 14.2 Å². The Hall–Kier alpha value is -0.200. The number of hydrogen-bond donors (Lipinski definition) is 0. The molecule has 3 nitrogen and oxygen atoms in total. The van der Waals surface area contributed by atoms with Crippen molar-refractivity contribution in [1.29, 1.82) is 0 Å². The molecule has 0 aromatic carbocycles. The number of hydrogen-bond acceptors (Lipinski definition) is 2. The lowest BCUT2D eigenvalue weighted by molar-refractivity contribution is -0.672. The van der Waals surface area contributed by atoms with E-state index in [0.29, 0.717) is 0 Å². The molecule has 74 valence electrons. The molecule has 1 heterocycles. The Bertz CT molecular complexity index is 251. The highest BCUT2D eigenvalue weighted by Gasteiger charge is 2.10. The third kappa shape index (κ3) is 3.58. The van der Waals surface area contributed by atoms with Crippen LogP contribution in [0.4, 0.5) is 0 Å². The van der Waals surface area contributed by atoms with Gasteiger partial charge in [0.25, 0.3) is 0 Å². The van der Waals surface area contributed by atoms with Crippen molar-refractivity contribution in [1.82, 2.24) is 0 Å². The van der Waals surface area contributed by atoms with Crippen molar-refractivity contribution < 1.29 is 38.0 Å². The molecule has 1 aromatic rings. The van der Waals surface area contributed by atoms with E-state index in [0.717, 1.165) is 5.56 Å². The van der Waals surface area contributed by atoms with Gasteiger partial charge in [-0.2, -0.15) is 0 Å². The van der Waals surface area contributed by atoms with Gasteiger partial charge in [0, 0.05) is 20.3 Å². The average molecular weight is 295 g/mol. The lowest BCUT2D eigenvalue weighted by atomic mass is 10.3. The van der Waals surface area contributed by atoms with Gasteiger partial charge in [0.15, 0.2) is 18.7 Å². The summed E-state index contributed by atoms with van der Waals surface area (Å²) in [5, 5.41) is 0. The van der Waals surface area contributed by atoms with Gasteiger partial charge in [-0.1, -0.05) is 0 Å². The van der Waals surface area contributed by atoms with E-state index in [1.807, 2.05) is 36.1 Å². The minimum Gasteiger partial charge on any atom is -1.00 e. The summed E-state index contributed by atoms with van der Waals surface area (Å²) >= 11 is 0. The quantitative estimate of drug-likeness (QED) is 0.359. The summed E-state index contributed by atoms with van der Waals surface area (Å²) in [7, 11) is 5.22. The van der Waals surface area contributed by atoms with E-state index in [2.05, 4.69) is 0 Å². The van der Waals surface area contributed by atoms with Crippen LogP contribution in [0.25, 0.3) is 0 Å². The molecule has 1 rings (SSSR count). The zero-order valence-corrected chi connectivity index (χ0v) is 10.2. The van der Waals surface area contributed by atoms with Crippen molar-refractivity contribution in [3.8, 4) is 0 Å². The third-order valence-electron chi connectivity index (χ3n) is 1.66. The van der Waals surface area contributed by atoms with E-state index < -0.39 is 0 Å². The molecule has 1 aromatic heterocycles. The number of nitrogens with zero attached hydrogens (tertiary/aromatic N) is 1. The molecule has 0 N–H and O–H groups in total. The van der Waals surface area contributed by atoms with E-state index in [1.165, 1.54) is 0 Å². The maximum absolute atomic E-state index is 5.10. The van der Waals surface area contributed by atoms with Crippen LogP contribution in [0.15, 0.2) is 24.5 Å². The molecule has 0 fully saturated rings. The van der Waals surface area contributed by atoms with E-state index in [9.17, 15) is 0 Å². The first kappa shape index (κ1) is 12.8. The molecular formula is C9H14INO2. The second kappa shape index (κ2) is 6.28. The fourth-order valence-electron chi connectivity index (χ4n) is 1.12. The molecule has 0 spiro atoms. The minimum atomic E-state index is -0.266. The van der Waals surface area contributed by atoms with Gasteiger partial charge in [0.2, 0.25) is 0 Å². The molecular weight excluding hydrogens is 281 g/mol. The highest BCUT2D eigenvalue weighted by molar-refractivity contribution is 5.06. The van der Waals surface area contributed by atoms with Gasteiger partial charge >= 0.3 is 0 Å². The monoisotopic (exact) mass is 295 g/mol. The Labute approximate surface area is 95.7 Å². The van der Waals surface area contributed by atoms with Crippen molar-refractivity contribution in [3.05, 3.63) is 30.1 Å². The van der Waals surface area contributed by atoms with E-state index >= 15 is 0 Å². The molecule has 13 heavy (non-hydrogen) atoms. The lowest BCUT2D eigenvalue weighted by Crippen LogP contribution is -3.00. The second-order valence-corrected chi connectivity index (χ2v) is 2.61. The maximum Gasteiger partial charge on any atom is 0.188 e. The van der Waals surface area contributed by atoms with Crippen molar-refractivity contribution in [3.63, 3.8) is 0 Å². The Morgan fingerprint density at radius 3 is 2.38 bits per heavy atom. The second-order valence-electron chi connectivity index (χ2n) is 2.61. The van der Waals surface area contributed by atoms with Crippen LogP contribution in [0.3, 0.4) is 0 Å². The van der Waals surface area contributed by atoms with Crippen molar-refractivity contribution in [2.75, 3.05) is 14.2 Å². The summed E-state index contributed by atoms with van der Waals surface area (Å²) in [6.45, 7) is 0. The van der Waals surface area contributed by atoms with Crippen LogP contribution in [0.2, 0.25) is 0 Å². The van der Waals surface area contributed by atoms with E-state index in [-0.39, 0.29) is 30.3 Å². The maximum atomic E-state index is 5.10. The number of aryl methyl sites for hydroxylation is 1. The van der Waals surface area contributed by atoms with Gasteiger partial charge in [0.1, 0.15) is 7.05 Å². The summed E-state index contributed by atoms with van der Waals surface area (Å²) in [6.07, 6.45) is 3.67. The Kier molecular flexibility index (Phi) is 6.19. The molecule has 0 aliphatic carbocycles. The van der Waals surface area contributed by atoms with Gasteiger partial charge in [-0.15, -0.1) is 0 Å². The minimum absolute atomic E-state index is 0. The molecule has 0 bridgehead atoms. The molecule has 0 amide bonds. The van der Waals surface area contributed by atoms with Crippen LogP contribution < -0.4 is 28.5 Å². The number of pyridine rings is 1. The van der Waals surface area contributed by atoms with Gasteiger partial charge in [-0.25, -0.2) is 4.57 Å². The summed E-state index contributed by atoms with van der Waals surface area (Å²) in [6, 6.07) is 3.93. The molecule has 0 aliphatic rings. The Balaban J connectivity index is 0.00000144. The van der Waals surface area contributed by atoms with Crippen molar-refractivity contribution in [2.24, 2.45) is 7.05 Å². The van der Waals surface area contributed by atoms with E-state index in [4.69, 9.17) is 9.47 Å². The van der Waals surface area contributed by atoms with Crippen LogP contribution >= 0.6 is 0 Å². The molecule has 0 saturated carbocycles. The highest BCUT2D eigenvalue weighted by Crippen LogP contribution is 2.13. The summed E-state index contributed by atoms with van der Waals surface area (Å²) in [4.78, 5) is 0. The number of ether oxygens (including phenoxy) is 2. The highest BCUT2D eigenvalue weighted by atomic mass is 127. The SMILES string of the molecule is COC(OC)c1ccc[n+](C)c1.[I-].